The van der Waals surface area contributed by atoms with Gasteiger partial charge in [0.15, 0.2) is 11.5 Å². The number of nitrogens with one attached hydrogen (secondary N) is 1. The number of amides is 1. The van der Waals surface area contributed by atoms with Gasteiger partial charge in [0.05, 0.1) is 39.9 Å². The maximum atomic E-state index is 12.3. The van der Waals surface area contributed by atoms with Crippen molar-refractivity contribution in [2.24, 2.45) is 0 Å². The minimum atomic E-state index is -0.199. The smallest absolute Gasteiger partial charge is 0.228 e. The maximum absolute atomic E-state index is 12.3. The third-order valence-corrected chi connectivity index (χ3v) is 3.82. The van der Waals surface area contributed by atoms with E-state index in [9.17, 15) is 4.79 Å². The van der Waals surface area contributed by atoms with E-state index in [1.54, 1.807) is 30.3 Å². The summed E-state index contributed by atoms with van der Waals surface area (Å²) in [5, 5.41) is 3.22. The molecule has 0 aliphatic heterocycles. The molecule has 2 aromatic carbocycles. The summed E-state index contributed by atoms with van der Waals surface area (Å²) in [4.78, 5) is 12.3. The van der Waals surface area contributed by atoms with E-state index in [4.69, 9.17) is 30.5 Å². The number of anilines is 1. The fraction of sp³-hybridized carbons (Fsp3) is 0.278. The number of carbonyl (C=O) groups is 1. The first-order valence-corrected chi connectivity index (χ1v) is 7.82. The Kier molecular flexibility index (Phi) is 6.36. The van der Waals surface area contributed by atoms with Gasteiger partial charge in [-0.05, 0) is 35.9 Å². The van der Waals surface area contributed by atoms with E-state index in [1.807, 2.05) is 0 Å². The van der Waals surface area contributed by atoms with E-state index in [0.717, 1.165) is 5.56 Å². The molecule has 7 heteroatoms. The monoisotopic (exact) mass is 365 g/mol. The number of ether oxygens (including phenoxy) is 4. The molecule has 134 valence electrons. The van der Waals surface area contributed by atoms with Gasteiger partial charge in [0.25, 0.3) is 0 Å². The van der Waals surface area contributed by atoms with Crippen LogP contribution < -0.4 is 24.3 Å². The second-order valence-corrected chi connectivity index (χ2v) is 5.52. The van der Waals surface area contributed by atoms with Gasteiger partial charge in [0.1, 0.15) is 5.75 Å². The second-order valence-electron chi connectivity index (χ2n) is 5.11. The van der Waals surface area contributed by atoms with E-state index in [2.05, 4.69) is 5.32 Å². The highest BCUT2D eigenvalue weighted by atomic mass is 35.5. The van der Waals surface area contributed by atoms with Gasteiger partial charge in [-0.25, -0.2) is 0 Å². The van der Waals surface area contributed by atoms with Crippen LogP contribution in [0.1, 0.15) is 5.56 Å². The predicted molar refractivity (Wildman–Crippen MR) is 96.4 cm³/mol. The summed E-state index contributed by atoms with van der Waals surface area (Å²) >= 11 is 6.06. The quantitative estimate of drug-likeness (QED) is 0.812. The van der Waals surface area contributed by atoms with Crippen LogP contribution >= 0.6 is 11.6 Å². The number of benzene rings is 2. The molecule has 2 rings (SSSR count). The summed E-state index contributed by atoms with van der Waals surface area (Å²) in [5.74, 6) is 1.82. The lowest BCUT2D eigenvalue weighted by Gasteiger charge is -2.14. The third-order valence-electron chi connectivity index (χ3n) is 3.52. The molecule has 0 unspecified atom stereocenters. The van der Waals surface area contributed by atoms with Crippen LogP contribution in [-0.2, 0) is 11.2 Å². The van der Waals surface area contributed by atoms with Gasteiger partial charge in [-0.1, -0.05) is 11.6 Å². The van der Waals surface area contributed by atoms with Gasteiger partial charge in [0, 0.05) is 5.69 Å². The molecule has 2 aromatic rings. The van der Waals surface area contributed by atoms with Crippen LogP contribution in [0.5, 0.6) is 23.0 Å². The van der Waals surface area contributed by atoms with Crippen LogP contribution in [-0.4, -0.2) is 34.3 Å². The Bertz CT molecular complexity index is 738. The normalized spacial score (nSPS) is 10.1. The Morgan fingerprint density at radius 3 is 2.00 bits per heavy atom. The standard InChI is InChI=1S/C18H20ClNO5/c1-22-14-6-5-12(10-13(14)19)20-17(21)9-11-7-15(23-2)18(25-4)16(8-11)24-3/h5-8,10H,9H2,1-4H3,(H,20,21). The van der Waals surface area contributed by atoms with Crippen molar-refractivity contribution in [3.63, 3.8) is 0 Å². The van der Waals surface area contributed by atoms with Gasteiger partial charge in [-0.2, -0.15) is 0 Å². The van der Waals surface area contributed by atoms with Crippen molar-refractivity contribution in [2.75, 3.05) is 33.8 Å². The number of hydrogen-bond donors (Lipinski definition) is 1. The summed E-state index contributed by atoms with van der Waals surface area (Å²) in [5.41, 5.74) is 1.31. The van der Waals surface area contributed by atoms with E-state index in [1.165, 1.54) is 28.4 Å². The molecule has 0 fully saturated rings. The molecule has 0 radical (unpaired) electrons. The molecule has 0 spiro atoms. The zero-order valence-corrected chi connectivity index (χ0v) is 15.3. The number of halogens is 1. The lowest BCUT2D eigenvalue weighted by Crippen LogP contribution is -2.14. The first-order valence-electron chi connectivity index (χ1n) is 7.44. The largest absolute Gasteiger partial charge is 0.495 e. The Morgan fingerprint density at radius 2 is 1.52 bits per heavy atom. The second kappa shape index (κ2) is 8.48. The minimum Gasteiger partial charge on any atom is -0.495 e. The summed E-state index contributed by atoms with van der Waals surface area (Å²) in [6.07, 6.45) is 0.139. The van der Waals surface area contributed by atoms with Crippen molar-refractivity contribution in [3.8, 4) is 23.0 Å². The Hall–Kier alpha value is -2.60. The highest BCUT2D eigenvalue weighted by Gasteiger charge is 2.15. The van der Waals surface area contributed by atoms with Gasteiger partial charge in [0.2, 0.25) is 11.7 Å². The topological polar surface area (TPSA) is 66.0 Å². The molecular weight excluding hydrogens is 346 g/mol. The number of carbonyl (C=O) groups excluding carboxylic acids is 1. The molecule has 0 saturated carbocycles. The Labute approximate surface area is 151 Å². The van der Waals surface area contributed by atoms with Crippen molar-refractivity contribution >= 4 is 23.2 Å². The fourth-order valence-corrected chi connectivity index (χ4v) is 2.63. The summed E-state index contributed by atoms with van der Waals surface area (Å²) in [7, 11) is 6.12. The van der Waals surface area contributed by atoms with Crippen LogP contribution in [0.25, 0.3) is 0 Å². The van der Waals surface area contributed by atoms with Crippen molar-refractivity contribution < 1.29 is 23.7 Å². The minimum absolute atomic E-state index is 0.139. The van der Waals surface area contributed by atoms with Crippen LogP contribution in [0, 0.1) is 0 Å². The molecule has 0 aromatic heterocycles. The van der Waals surface area contributed by atoms with Gasteiger partial charge >= 0.3 is 0 Å². The van der Waals surface area contributed by atoms with Gasteiger partial charge < -0.3 is 24.3 Å². The molecule has 0 aliphatic carbocycles. The van der Waals surface area contributed by atoms with Crippen molar-refractivity contribution in [2.45, 2.75) is 6.42 Å². The molecule has 0 heterocycles. The highest BCUT2D eigenvalue weighted by Crippen LogP contribution is 2.38. The molecule has 0 bridgehead atoms. The lowest BCUT2D eigenvalue weighted by atomic mass is 10.1. The SMILES string of the molecule is COc1ccc(NC(=O)Cc2cc(OC)c(OC)c(OC)c2)cc1Cl. The molecule has 1 N–H and O–H groups in total. The van der Waals surface area contributed by atoms with Crippen molar-refractivity contribution in [3.05, 3.63) is 40.9 Å². The van der Waals surface area contributed by atoms with E-state index in [0.29, 0.717) is 33.7 Å². The molecule has 0 atom stereocenters. The van der Waals surface area contributed by atoms with Crippen LogP contribution in [0.3, 0.4) is 0 Å². The van der Waals surface area contributed by atoms with Crippen LogP contribution in [0.2, 0.25) is 5.02 Å². The molecule has 0 aliphatic rings. The summed E-state index contributed by atoms with van der Waals surface area (Å²) in [6.45, 7) is 0. The fourth-order valence-electron chi connectivity index (χ4n) is 2.37. The van der Waals surface area contributed by atoms with Crippen molar-refractivity contribution in [1.29, 1.82) is 0 Å². The zero-order valence-electron chi connectivity index (χ0n) is 14.5. The first-order chi connectivity index (χ1) is 12.0. The summed E-state index contributed by atoms with van der Waals surface area (Å²) < 4.78 is 20.9. The Morgan fingerprint density at radius 1 is 0.920 bits per heavy atom. The highest BCUT2D eigenvalue weighted by molar-refractivity contribution is 6.32. The zero-order chi connectivity index (χ0) is 18.4. The van der Waals surface area contributed by atoms with Crippen LogP contribution in [0.15, 0.2) is 30.3 Å². The number of hydrogen-bond acceptors (Lipinski definition) is 5. The predicted octanol–water partition coefficient (Wildman–Crippen LogP) is 3.56. The van der Waals surface area contributed by atoms with Gasteiger partial charge in [-0.15, -0.1) is 0 Å². The van der Waals surface area contributed by atoms with Crippen LogP contribution in [0.4, 0.5) is 5.69 Å². The molecule has 6 nitrogen and oxygen atoms in total. The average Bonchev–Trinajstić information content (AvgIpc) is 2.60. The van der Waals surface area contributed by atoms with E-state index < -0.39 is 0 Å². The molecule has 25 heavy (non-hydrogen) atoms. The first kappa shape index (κ1) is 18.7. The molecule has 0 saturated heterocycles. The van der Waals surface area contributed by atoms with Gasteiger partial charge in [-0.3, -0.25) is 4.79 Å². The Balaban J connectivity index is 2.16. The molecular formula is C18H20ClNO5. The maximum Gasteiger partial charge on any atom is 0.228 e. The third kappa shape index (κ3) is 4.48. The molecule has 1 amide bonds. The summed E-state index contributed by atoms with van der Waals surface area (Å²) in [6, 6.07) is 8.52. The van der Waals surface area contributed by atoms with E-state index in [-0.39, 0.29) is 12.3 Å². The van der Waals surface area contributed by atoms with Crippen molar-refractivity contribution in [1.82, 2.24) is 0 Å². The van der Waals surface area contributed by atoms with E-state index >= 15 is 0 Å². The lowest BCUT2D eigenvalue weighted by molar-refractivity contribution is -0.115. The number of rotatable bonds is 7. The number of methoxy groups -OCH3 is 4. The average molecular weight is 366 g/mol.